The van der Waals surface area contributed by atoms with Gasteiger partial charge in [-0.15, -0.1) is 5.11 Å². The van der Waals surface area contributed by atoms with Crippen molar-refractivity contribution < 1.29 is 174 Å². The molecule has 1 amide bonds. The molecule has 1 unspecified atom stereocenters. The number of aliphatic carboxylic acids is 1. The van der Waals surface area contributed by atoms with Gasteiger partial charge in [0, 0.05) is 0 Å². The minimum atomic E-state index is -4.47. The smallest absolute Gasteiger partial charge is 1.00 e. The summed E-state index contributed by atoms with van der Waals surface area (Å²) in [5.74, 6) is -3.04. The van der Waals surface area contributed by atoms with E-state index in [1.54, 1.807) is 0 Å². The maximum absolute atomic E-state index is 12.7. The van der Waals surface area contributed by atoms with Gasteiger partial charge in [-0.25, -0.2) is 14.3 Å². The van der Waals surface area contributed by atoms with Gasteiger partial charge in [-0.3, -0.25) is 32.9 Å². The normalized spacial score (nSPS) is 14.0. The Hall–Kier alpha value is -4.39. The summed E-state index contributed by atoms with van der Waals surface area (Å²) in [6.45, 7) is 0. The number of aromatic nitrogens is 2. The molecule has 336 valence electrons. The van der Waals surface area contributed by atoms with E-state index in [9.17, 15) is 58.0 Å². The summed E-state index contributed by atoms with van der Waals surface area (Å²) in [5, 5.41) is 39.7. The molecule has 0 saturated carbocycles. The number of hydrogen-bond donors (Lipinski definition) is 7. The molecule has 1 aliphatic heterocycles. The molecule has 6 rings (SSSR count). The Bertz CT molecular complexity index is 3260. The number of carboxylic acid groups (broad SMARTS) is 2. The predicted octanol–water partition coefficient (Wildman–Crippen LogP) is -5.40. The monoisotopic (exact) mass is 1020 g/mol. The Balaban J connectivity index is 0. The van der Waals surface area contributed by atoms with Gasteiger partial charge >= 0.3 is 106 Å². The van der Waals surface area contributed by atoms with Crippen LogP contribution < -0.4 is 104 Å². The fourth-order valence-electron chi connectivity index (χ4n) is 4.86. The minimum absolute atomic E-state index is 0. The molecule has 1 aromatic heterocycles. The van der Waals surface area contributed by atoms with E-state index in [4.69, 9.17) is 23.3 Å². The van der Waals surface area contributed by atoms with Crippen LogP contribution in [0.15, 0.2) is 147 Å². The van der Waals surface area contributed by atoms with Gasteiger partial charge in [0.25, 0.3) is 52.3 Å². The van der Waals surface area contributed by atoms with Crippen molar-refractivity contribution in [3.05, 3.63) is 107 Å². The molecule has 1 aliphatic rings. The SMILES string of the molecule is O=C(O)C1=NN(c2ccc(S(=O)(=O)O)cc2)C(=O)C1N=Nc1ccc(S(=O)(=O)O)cc1.O=C(O)Oc1[nH]n(-c2ccc(S(=O)(=O)O)cc2)c(=O)c1N=Nc1ccc(S(=O)(=O)O)cc1.[H-].[H-].[H-].[Na+].[Na+].[Na+]. The van der Waals surface area contributed by atoms with Crippen molar-refractivity contribution in [3.63, 3.8) is 0 Å². The molecule has 0 fully saturated rings. The second-order valence-corrected chi connectivity index (χ2v) is 17.6. The average Bonchev–Trinajstić information content (AvgIpc) is 3.69. The molecule has 0 spiro atoms. The predicted molar refractivity (Wildman–Crippen MR) is 212 cm³/mol. The Morgan fingerprint density at radius 3 is 1.35 bits per heavy atom. The molecule has 0 saturated heterocycles. The van der Waals surface area contributed by atoms with Gasteiger partial charge < -0.3 is 19.2 Å². The number of nitrogens with zero attached hydrogens (tertiary/aromatic N) is 7. The fraction of sp³-hybridized carbons (Fsp3) is 0.0312. The Morgan fingerprint density at radius 2 is 0.970 bits per heavy atom. The summed E-state index contributed by atoms with van der Waals surface area (Å²) in [5.41, 5.74) is -1.93. The van der Waals surface area contributed by atoms with Crippen LogP contribution in [0.5, 0.6) is 5.88 Å². The van der Waals surface area contributed by atoms with Crippen LogP contribution >= 0.6 is 0 Å². The zero-order valence-corrected chi connectivity index (χ0v) is 42.8. The molecular weight excluding hydrogens is 998 g/mol. The first-order chi connectivity index (χ1) is 29.2. The van der Waals surface area contributed by atoms with Crippen LogP contribution in [0.1, 0.15) is 4.28 Å². The second kappa shape index (κ2) is 23.1. The molecule has 4 aromatic carbocycles. The molecule has 66 heavy (non-hydrogen) atoms. The number of nitrogens with one attached hydrogen (secondary N) is 1. The number of anilines is 1. The molecular formula is C32H27N8Na3O19S4. The number of rotatable bonds is 12. The van der Waals surface area contributed by atoms with Gasteiger partial charge in [0.2, 0.25) is 11.7 Å². The van der Waals surface area contributed by atoms with Crippen LogP contribution in [0.3, 0.4) is 0 Å². The molecule has 0 aliphatic carbocycles. The molecule has 27 nitrogen and oxygen atoms in total. The van der Waals surface area contributed by atoms with Gasteiger partial charge in [0.1, 0.15) is 0 Å². The number of hydrazone groups is 1. The second-order valence-electron chi connectivity index (χ2n) is 11.9. The van der Waals surface area contributed by atoms with Crippen molar-refractivity contribution >= 4 is 87.0 Å². The first kappa shape index (κ1) is 57.7. The van der Waals surface area contributed by atoms with Crippen molar-refractivity contribution in [1.29, 1.82) is 0 Å². The number of carboxylic acids is 1. The van der Waals surface area contributed by atoms with Crippen molar-refractivity contribution in [2.45, 2.75) is 25.6 Å². The van der Waals surface area contributed by atoms with Crippen LogP contribution in [0.2, 0.25) is 0 Å². The van der Waals surface area contributed by atoms with Gasteiger partial charge in [-0.05, 0) is 97.1 Å². The maximum atomic E-state index is 12.7. The van der Waals surface area contributed by atoms with Gasteiger partial charge in [-0.2, -0.15) is 59.1 Å². The number of carbonyl (C=O) groups excluding carboxylic acids is 1. The summed E-state index contributed by atoms with van der Waals surface area (Å²) in [6, 6.07) is 15.8. The van der Waals surface area contributed by atoms with E-state index in [-0.39, 0.29) is 116 Å². The number of hydrogen-bond acceptors (Lipinski definition) is 18. The van der Waals surface area contributed by atoms with Crippen LogP contribution in [-0.2, 0) is 50.1 Å². The molecule has 2 heterocycles. The van der Waals surface area contributed by atoms with E-state index < -0.39 is 107 Å². The first-order valence-electron chi connectivity index (χ1n) is 16.3. The molecule has 0 bridgehead atoms. The number of benzene rings is 4. The third kappa shape index (κ3) is 14.8. The third-order valence-corrected chi connectivity index (χ3v) is 11.2. The number of aromatic amines is 1. The Kier molecular flexibility index (Phi) is 20.2. The Morgan fingerprint density at radius 1 is 0.591 bits per heavy atom. The van der Waals surface area contributed by atoms with E-state index in [2.05, 4.69) is 35.4 Å². The van der Waals surface area contributed by atoms with Crippen molar-refractivity contribution in [2.24, 2.45) is 25.6 Å². The van der Waals surface area contributed by atoms with Crippen LogP contribution in [0, 0.1) is 0 Å². The minimum Gasteiger partial charge on any atom is -1.00 e. The average molecular weight is 1020 g/mol. The van der Waals surface area contributed by atoms with E-state index >= 15 is 0 Å². The van der Waals surface area contributed by atoms with E-state index in [0.717, 1.165) is 77.5 Å². The summed E-state index contributed by atoms with van der Waals surface area (Å²) < 4.78 is 130. The molecule has 5 aromatic rings. The van der Waals surface area contributed by atoms with Crippen LogP contribution in [0.25, 0.3) is 5.69 Å². The third-order valence-electron chi connectivity index (χ3n) is 7.75. The molecule has 34 heteroatoms. The van der Waals surface area contributed by atoms with Gasteiger partial charge in [0.15, 0.2) is 5.71 Å². The zero-order chi connectivity index (χ0) is 46.7. The van der Waals surface area contributed by atoms with Crippen LogP contribution in [-0.4, -0.2) is 102 Å². The topological polar surface area (TPSA) is 421 Å². The van der Waals surface area contributed by atoms with Gasteiger partial charge in [0.05, 0.1) is 42.3 Å². The van der Waals surface area contributed by atoms with E-state index in [0.29, 0.717) is 5.01 Å². The number of carbonyl (C=O) groups is 3. The maximum Gasteiger partial charge on any atom is 1.00 e. The number of H-pyrrole nitrogens is 1. The van der Waals surface area contributed by atoms with E-state index in [1.807, 2.05) is 0 Å². The standard InChI is InChI=1S/C16H12N4O10S2.C16H12N4O9S2.3Na.3H/c21-15-13(18-17-9-1-5-11(6-2-9)31(24,25)26)14(30-16(22)23)19-20(15)10-3-7-12(8-4-10)32(27,28)29;21-15-13(18-17-9-1-5-11(6-2-9)30(24,25)26)14(16(22)23)19-20(15)10-3-7-12(8-4-10)31(27,28)29;;;;;;/h1-8,19H,(H,22,23)(H,24,25,26)(H,27,28,29);1-8,13H,(H,22,23)(H,24,25,26)(H,27,28,29);;;;;;/q;;3*+1;3*-1. The molecule has 0 radical (unpaired) electrons. The summed E-state index contributed by atoms with van der Waals surface area (Å²) in [4.78, 5) is 46.1. The molecule has 1 atom stereocenters. The first-order valence-corrected chi connectivity index (χ1v) is 22.0. The number of ether oxygens (including phenoxy) is 1. The number of amides is 1. The molecule has 7 N–H and O–H groups in total. The number of azo groups is 2. The fourth-order valence-corrected chi connectivity index (χ4v) is 6.78. The van der Waals surface area contributed by atoms with Crippen molar-refractivity contribution in [1.82, 2.24) is 9.78 Å². The van der Waals surface area contributed by atoms with E-state index in [1.165, 1.54) is 24.3 Å². The largest absolute Gasteiger partial charge is 1.00 e. The summed E-state index contributed by atoms with van der Waals surface area (Å²) >= 11 is 0. The van der Waals surface area contributed by atoms with Crippen LogP contribution in [0.4, 0.5) is 27.5 Å². The quantitative estimate of drug-likeness (QED) is 0.0265. The zero-order valence-electron chi connectivity index (χ0n) is 36.6. The van der Waals surface area contributed by atoms with Gasteiger partial charge in [-0.1, -0.05) is 0 Å². The van der Waals surface area contributed by atoms with Crippen molar-refractivity contribution in [3.8, 4) is 11.6 Å². The summed E-state index contributed by atoms with van der Waals surface area (Å²) in [6.07, 6.45) is -1.77. The Labute approximate surface area is 441 Å². The summed E-state index contributed by atoms with van der Waals surface area (Å²) in [7, 11) is -17.8. The van der Waals surface area contributed by atoms with Crippen molar-refractivity contribution in [2.75, 3.05) is 5.01 Å².